The van der Waals surface area contributed by atoms with Crippen LogP contribution in [0.4, 0.5) is 0 Å². The van der Waals surface area contributed by atoms with E-state index in [1.807, 2.05) is 12.2 Å². The van der Waals surface area contributed by atoms with E-state index >= 15 is 0 Å². The van der Waals surface area contributed by atoms with Crippen molar-refractivity contribution in [2.24, 2.45) is 0 Å². The highest BCUT2D eigenvalue weighted by atomic mass is 16.3. The minimum atomic E-state index is 0.220. The Morgan fingerprint density at radius 2 is 1.14 bits per heavy atom. The first kappa shape index (κ1) is 18.3. The van der Waals surface area contributed by atoms with Crippen molar-refractivity contribution in [1.29, 1.82) is 0 Å². The van der Waals surface area contributed by atoms with Crippen LogP contribution in [0.2, 0.25) is 0 Å². The van der Waals surface area contributed by atoms with Gasteiger partial charge in [0.1, 0.15) is 11.5 Å². The molecule has 0 radical (unpaired) electrons. The monoisotopic (exact) mass is 302 g/mol. The molecule has 0 saturated carbocycles. The zero-order chi connectivity index (χ0) is 16.2. The number of benzene rings is 1. The predicted octanol–water partition coefficient (Wildman–Crippen LogP) is 6.28. The second-order valence-corrected chi connectivity index (χ2v) is 5.73. The number of allylic oxidation sites excluding steroid dienone is 2. The number of phenolic OH excluding ortho intramolecular Hbond substituents is 2. The molecule has 0 spiro atoms. The molecule has 0 bridgehead atoms. The summed E-state index contributed by atoms with van der Waals surface area (Å²) < 4.78 is 0. The van der Waals surface area contributed by atoms with Gasteiger partial charge >= 0.3 is 0 Å². The van der Waals surface area contributed by atoms with E-state index in [1.54, 1.807) is 12.1 Å². The quantitative estimate of drug-likeness (QED) is 0.394. The van der Waals surface area contributed by atoms with E-state index in [4.69, 9.17) is 0 Å². The highest BCUT2D eigenvalue weighted by Crippen LogP contribution is 2.31. The van der Waals surface area contributed by atoms with Crippen molar-refractivity contribution in [3.8, 4) is 11.5 Å². The Morgan fingerprint density at radius 3 is 1.50 bits per heavy atom. The number of hydrogen-bond acceptors (Lipinski definition) is 2. The van der Waals surface area contributed by atoms with Crippen molar-refractivity contribution in [1.82, 2.24) is 0 Å². The summed E-state index contributed by atoms with van der Waals surface area (Å²) in [5.74, 6) is 0.440. The molecule has 1 aromatic carbocycles. The summed E-state index contributed by atoms with van der Waals surface area (Å²) in [4.78, 5) is 0. The standard InChI is InChI=1S/C20H30O2/c1-3-5-7-9-11-13-17-18(14-12-10-8-6-4-2)20(22)16-15-19(17)21/h11-16,21-22H,3-10H2,1-2H3/b13-11+,14-12+. The number of aromatic hydroxyl groups is 2. The molecule has 2 nitrogen and oxygen atoms in total. The summed E-state index contributed by atoms with van der Waals surface area (Å²) in [7, 11) is 0. The molecule has 2 heteroatoms. The Bertz CT molecular complexity index is 442. The van der Waals surface area contributed by atoms with Gasteiger partial charge in [0.2, 0.25) is 0 Å². The molecule has 122 valence electrons. The molecular formula is C20H30O2. The van der Waals surface area contributed by atoms with Crippen LogP contribution in [-0.4, -0.2) is 10.2 Å². The molecule has 0 aliphatic rings. The maximum atomic E-state index is 10.1. The van der Waals surface area contributed by atoms with Gasteiger partial charge in [-0.15, -0.1) is 0 Å². The van der Waals surface area contributed by atoms with Crippen LogP contribution >= 0.6 is 0 Å². The van der Waals surface area contributed by atoms with Gasteiger partial charge in [0, 0.05) is 11.1 Å². The van der Waals surface area contributed by atoms with Gasteiger partial charge in [-0.3, -0.25) is 0 Å². The molecule has 0 aliphatic heterocycles. The molecule has 1 rings (SSSR count). The van der Waals surface area contributed by atoms with E-state index in [2.05, 4.69) is 26.0 Å². The Kier molecular flexibility index (Phi) is 9.13. The van der Waals surface area contributed by atoms with E-state index in [-0.39, 0.29) is 11.5 Å². The molecule has 0 aromatic heterocycles. The maximum Gasteiger partial charge on any atom is 0.123 e. The van der Waals surface area contributed by atoms with Gasteiger partial charge in [0.05, 0.1) is 0 Å². The first-order valence-corrected chi connectivity index (χ1v) is 8.58. The van der Waals surface area contributed by atoms with Crippen LogP contribution < -0.4 is 0 Å². The number of phenols is 2. The van der Waals surface area contributed by atoms with E-state index in [0.717, 1.165) is 25.7 Å². The molecule has 0 fully saturated rings. The van der Waals surface area contributed by atoms with Crippen molar-refractivity contribution >= 4 is 12.2 Å². The Morgan fingerprint density at radius 1 is 0.727 bits per heavy atom. The molecular weight excluding hydrogens is 272 g/mol. The summed E-state index contributed by atoms with van der Waals surface area (Å²) in [5.41, 5.74) is 1.42. The van der Waals surface area contributed by atoms with Crippen molar-refractivity contribution in [3.63, 3.8) is 0 Å². The molecule has 0 amide bonds. The lowest BCUT2D eigenvalue weighted by Gasteiger charge is -2.07. The van der Waals surface area contributed by atoms with Gasteiger partial charge in [-0.25, -0.2) is 0 Å². The van der Waals surface area contributed by atoms with E-state index < -0.39 is 0 Å². The van der Waals surface area contributed by atoms with Crippen LogP contribution in [-0.2, 0) is 0 Å². The summed E-state index contributed by atoms with van der Waals surface area (Å²) in [6.07, 6.45) is 17.2. The number of hydrogen-bond donors (Lipinski definition) is 2. The highest BCUT2D eigenvalue weighted by Gasteiger charge is 2.07. The third-order valence-electron chi connectivity index (χ3n) is 3.76. The Labute approximate surface area is 135 Å². The van der Waals surface area contributed by atoms with Crippen molar-refractivity contribution in [2.45, 2.75) is 65.2 Å². The largest absolute Gasteiger partial charge is 0.507 e. The minimum absolute atomic E-state index is 0.220. The first-order chi connectivity index (χ1) is 10.7. The van der Waals surface area contributed by atoms with Crippen LogP contribution in [0, 0.1) is 0 Å². The molecule has 0 saturated heterocycles. The lowest BCUT2D eigenvalue weighted by Crippen LogP contribution is -1.84. The second kappa shape index (κ2) is 10.9. The van der Waals surface area contributed by atoms with Gasteiger partial charge in [0.15, 0.2) is 0 Å². The third-order valence-corrected chi connectivity index (χ3v) is 3.76. The second-order valence-electron chi connectivity index (χ2n) is 5.73. The predicted molar refractivity (Wildman–Crippen MR) is 96.1 cm³/mol. The summed E-state index contributed by atoms with van der Waals surface area (Å²) >= 11 is 0. The van der Waals surface area contributed by atoms with Crippen molar-refractivity contribution < 1.29 is 10.2 Å². The molecule has 22 heavy (non-hydrogen) atoms. The van der Waals surface area contributed by atoms with Gasteiger partial charge in [-0.2, -0.15) is 0 Å². The topological polar surface area (TPSA) is 40.5 Å². The Balaban J connectivity index is 2.79. The molecule has 0 unspecified atom stereocenters. The van der Waals surface area contributed by atoms with E-state index in [0.29, 0.717) is 11.1 Å². The van der Waals surface area contributed by atoms with Gasteiger partial charge in [0.25, 0.3) is 0 Å². The molecule has 2 N–H and O–H groups in total. The minimum Gasteiger partial charge on any atom is -0.507 e. The van der Waals surface area contributed by atoms with E-state index in [9.17, 15) is 10.2 Å². The molecule has 1 aromatic rings. The zero-order valence-electron chi connectivity index (χ0n) is 14.0. The fourth-order valence-corrected chi connectivity index (χ4v) is 2.39. The fraction of sp³-hybridized carbons (Fsp3) is 0.500. The van der Waals surface area contributed by atoms with Crippen molar-refractivity contribution in [2.75, 3.05) is 0 Å². The fourth-order valence-electron chi connectivity index (χ4n) is 2.39. The lowest BCUT2D eigenvalue weighted by atomic mass is 10.0. The van der Waals surface area contributed by atoms with Crippen molar-refractivity contribution in [3.05, 3.63) is 35.4 Å². The number of rotatable bonds is 10. The average molecular weight is 302 g/mol. The highest BCUT2D eigenvalue weighted by molar-refractivity contribution is 5.73. The first-order valence-electron chi connectivity index (χ1n) is 8.58. The maximum absolute atomic E-state index is 10.1. The summed E-state index contributed by atoms with van der Waals surface area (Å²) in [5, 5.41) is 20.1. The number of unbranched alkanes of at least 4 members (excludes halogenated alkanes) is 6. The van der Waals surface area contributed by atoms with Gasteiger partial charge in [-0.1, -0.05) is 63.8 Å². The zero-order valence-corrected chi connectivity index (χ0v) is 14.0. The van der Waals surface area contributed by atoms with Crippen LogP contribution in [0.15, 0.2) is 24.3 Å². The third kappa shape index (κ3) is 6.38. The molecule has 0 heterocycles. The van der Waals surface area contributed by atoms with Crippen LogP contribution in [0.3, 0.4) is 0 Å². The average Bonchev–Trinajstić information content (AvgIpc) is 2.52. The molecule has 0 aliphatic carbocycles. The van der Waals surface area contributed by atoms with Crippen LogP contribution in [0.25, 0.3) is 12.2 Å². The van der Waals surface area contributed by atoms with Crippen LogP contribution in [0.5, 0.6) is 11.5 Å². The lowest BCUT2D eigenvalue weighted by molar-refractivity contribution is 0.458. The van der Waals surface area contributed by atoms with Gasteiger partial charge < -0.3 is 10.2 Å². The SMILES string of the molecule is CCCCC/C=C/c1c(O)ccc(O)c1/C=C/CCCCC. The normalized spacial score (nSPS) is 11.7. The smallest absolute Gasteiger partial charge is 0.123 e. The molecule has 0 atom stereocenters. The Hall–Kier alpha value is -1.70. The van der Waals surface area contributed by atoms with Gasteiger partial charge in [-0.05, 0) is 37.8 Å². The van der Waals surface area contributed by atoms with E-state index in [1.165, 1.54) is 25.7 Å². The summed E-state index contributed by atoms with van der Waals surface area (Å²) in [6.45, 7) is 4.37. The van der Waals surface area contributed by atoms with Crippen LogP contribution in [0.1, 0.15) is 76.3 Å². The summed E-state index contributed by atoms with van der Waals surface area (Å²) in [6, 6.07) is 3.10.